The first-order valence-electron chi connectivity index (χ1n) is 7.52. The van der Waals surface area contributed by atoms with Crippen molar-refractivity contribution in [2.24, 2.45) is 0 Å². The summed E-state index contributed by atoms with van der Waals surface area (Å²) in [6.07, 6.45) is 6.42. The third-order valence-corrected chi connectivity index (χ3v) is 4.41. The molecule has 0 amide bonds. The molecule has 1 fully saturated rings. The average Bonchev–Trinajstić information content (AvgIpc) is 2.53. The molecule has 0 saturated heterocycles. The van der Waals surface area contributed by atoms with Crippen molar-refractivity contribution in [3.05, 3.63) is 35.9 Å². The van der Waals surface area contributed by atoms with E-state index in [1.54, 1.807) is 0 Å². The van der Waals surface area contributed by atoms with Crippen LogP contribution in [0, 0.1) is 0 Å². The number of nitrogens with zero attached hydrogens (tertiary/aromatic N) is 2. The normalized spacial score (nSPS) is 16.5. The van der Waals surface area contributed by atoms with Crippen LogP contribution in [0.15, 0.2) is 30.3 Å². The Kier molecular flexibility index (Phi) is 3.88. The lowest BCUT2D eigenvalue weighted by atomic mass is 9.94. The molecule has 1 aromatic heterocycles. The van der Waals surface area contributed by atoms with Gasteiger partial charge in [-0.05, 0) is 25.0 Å². The van der Waals surface area contributed by atoms with Crippen LogP contribution >= 0.6 is 0 Å². The van der Waals surface area contributed by atoms with Gasteiger partial charge in [0.25, 0.3) is 0 Å². The predicted octanol–water partition coefficient (Wildman–Crippen LogP) is 3.50. The van der Waals surface area contributed by atoms with Gasteiger partial charge in [-0.25, -0.2) is 4.98 Å². The minimum atomic E-state index is 0.0459. The summed E-state index contributed by atoms with van der Waals surface area (Å²) in [7, 11) is 2.12. The minimum Gasteiger partial charge on any atom is -0.392 e. The highest BCUT2D eigenvalue weighted by Crippen LogP contribution is 2.29. The number of anilines is 1. The van der Waals surface area contributed by atoms with Crippen LogP contribution < -0.4 is 4.90 Å². The molecule has 0 radical (unpaired) electrons. The quantitative estimate of drug-likeness (QED) is 0.927. The monoisotopic (exact) mass is 270 g/mol. The van der Waals surface area contributed by atoms with Gasteiger partial charge in [0.2, 0.25) is 0 Å². The van der Waals surface area contributed by atoms with Crippen molar-refractivity contribution in [3.63, 3.8) is 0 Å². The number of hydrogen-bond acceptors (Lipinski definition) is 3. The zero-order chi connectivity index (χ0) is 13.9. The Hall–Kier alpha value is -1.61. The number of aliphatic hydroxyl groups is 1. The van der Waals surface area contributed by atoms with E-state index in [0.717, 1.165) is 22.3 Å². The Balaban J connectivity index is 1.99. The van der Waals surface area contributed by atoms with Crippen LogP contribution in [0.4, 0.5) is 5.82 Å². The van der Waals surface area contributed by atoms with Gasteiger partial charge in [-0.3, -0.25) is 0 Å². The molecule has 1 N–H and O–H groups in total. The Morgan fingerprint density at radius 1 is 1.20 bits per heavy atom. The second-order valence-electron chi connectivity index (χ2n) is 5.72. The Labute approximate surface area is 120 Å². The molecule has 20 heavy (non-hydrogen) atoms. The molecule has 1 heterocycles. The highest BCUT2D eigenvalue weighted by Gasteiger charge is 2.21. The van der Waals surface area contributed by atoms with Crippen molar-refractivity contribution in [2.45, 2.75) is 44.8 Å². The van der Waals surface area contributed by atoms with E-state index in [1.807, 2.05) is 24.3 Å². The van der Waals surface area contributed by atoms with Crippen molar-refractivity contribution in [2.75, 3.05) is 11.9 Å². The third-order valence-electron chi connectivity index (χ3n) is 4.41. The molecule has 2 aromatic rings. The SMILES string of the molecule is CN(c1nc2ccccc2cc1CO)C1CCCCC1. The van der Waals surface area contributed by atoms with Gasteiger partial charge in [0, 0.05) is 24.0 Å². The molecule has 106 valence electrons. The zero-order valence-electron chi connectivity index (χ0n) is 12.0. The summed E-state index contributed by atoms with van der Waals surface area (Å²) in [5.41, 5.74) is 1.93. The van der Waals surface area contributed by atoms with Crippen molar-refractivity contribution in [3.8, 4) is 0 Å². The number of aromatic nitrogens is 1. The highest BCUT2D eigenvalue weighted by atomic mass is 16.3. The van der Waals surface area contributed by atoms with Crippen LogP contribution in [0.5, 0.6) is 0 Å². The third kappa shape index (κ3) is 2.50. The molecular formula is C17H22N2O. The van der Waals surface area contributed by atoms with Crippen LogP contribution in [-0.2, 0) is 6.61 Å². The number of fused-ring (bicyclic) bond motifs is 1. The first-order chi connectivity index (χ1) is 9.79. The average molecular weight is 270 g/mol. The van der Waals surface area contributed by atoms with Crippen molar-refractivity contribution >= 4 is 16.7 Å². The fraction of sp³-hybridized carbons (Fsp3) is 0.471. The van der Waals surface area contributed by atoms with Crippen molar-refractivity contribution in [1.29, 1.82) is 0 Å². The largest absolute Gasteiger partial charge is 0.392 e. The van der Waals surface area contributed by atoms with E-state index < -0.39 is 0 Å². The van der Waals surface area contributed by atoms with E-state index in [1.165, 1.54) is 32.1 Å². The van der Waals surface area contributed by atoms with E-state index in [2.05, 4.69) is 18.0 Å². The molecule has 1 aromatic carbocycles. The first-order valence-corrected chi connectivity index (χ1v) is 7.52. The smallest absolute Gasteiger partial charge is 0.134 e. The lowest BCUT2D eigenvalue weighted by Crippen LogP contribution is -2.34. The van der Waals surface area contributed by atoms with Crippen LogP contribution in [-0.4, -0.2) is 23.2 Å². The fourth-order valence-electron chi connectivity index (χ4n) is 3.21. The molecule has 3 rings (SSSR count). The molecule has 0 unspecified atom stereocenters. The van der Waals surface area contributed by atoms with Gasteiger partial charge in [-0.2, -0.15) is 0 Å². The van der Waals surface area contributed by atoms with E-state index in [4.69, 9.17) is 4.98 Å². The number of rotatable bonds is 3. The van der Waals surface area contributed by atoms with Gasteiger partial charge in [-0.15, -0.1) is 0 Å². The number of pyridine rings is 1. The topological polar surface area (TPSA) is 36.4 Å². The highest BCUT2D eigenvalue weighted by molar-refractivity contribution is 5.81. The summed E-state index contributed by atoms with van der Waals surface area (Å²) in [6.45, 7) is 0.0459. The lowest BCUT2D eigenvalue weighted by molar-refractivity contribution is 0.281. The van der Waals surface area contributed by atoms with Crippen LogP contribution in [0.2, 0.25) is 0 Å². The molecule has 0 aliphatic heterocycles. The first kappa shape index (κ1) is 13.4. The summed E-state index contributed by atoms with van der Waals surface area (Å²) < 4.78 is 0. The maximum Gasteiger partial charge on any atom is 0.134 e. The summed E-state index contributed by atoms with van der Waals surface area (Å²) >= 11 is 0. The van der Waals surface area contributed by atoms with Crippen molar-refractivity contribution in [1.82, 2.24) is 4.98 Å². The number of hydrogen-bond donors (Lipinski definition) is 1. The fourth-order valence-corrected chi connectivity index (χ4v) is 3.21. The number of aliphatic hydroxyl groups excluding tert-OH is 1. The van der Waals surface area contributed by atoms with E-state index in [-0.39, 0.29) is 6.61 Å². The maximum atomic E-state index is 9.66. The molecule has 0 bridgehead atoms. The Morgan fingerprint density at radius 3 is 2.70 bits per heavy atom. The van der Waals surface area contributed by atoms with Crippen LogP contribution in [0.25, 0.3) is 10.9 Å². The summed E-state index contributed by atoms with van der Waals surface area (Å²) in [6, 6.07) is 10.7. The summed E-state index contributed by atoms with van der Waals surface area (Å²) in [5.74, 6) is 0.943. The maximum absolute atomic E-state index is 9.66. The van der Waals surface area contributed by atoms with Crippen LogP contribution in [0.1, 0.15) is 37.7 Å². The molecule has 1 aliphatic rings. The molecule has 3 nitrogen and oxygen atoms in total. The van der Waals surface area contributed by atoms with Crippen LogP contribution in [0.3, 0.4) is 0 Å². The molecule has 1 saturated carbocycles. The van der Waals surface area contributed by atoms with Gasteiger partial charge in [0.05, 0.1) is 12.1 Å². The molecule has 0 atom stereocenters. The van der Waals surface area contributed by atoms with Gasteiger partial charge < -0.3 is 10.0 Å². The molecular weight excluding hydrogens is 248 g/mol. The van der Waals surface area contributed by atoms with E-state index in [0.29, 0.717) is 6.04 Å². The number of benzene rings is 1. The molecule has 0 spiro atoms. The summed E-state index contributed by atoms with van der Waals surface area (Å²) in [4.78, 5) is 7.06. The van der Waals surface area contributed by atoms with Gasteiger partial charge in [0.1, 0.15) is 5.82 Å². The zero-order valence-corrected chi connectivity index (χ0v) is 12.0. The minimum absolute atomic E-state index is 0.0459. The van der Waals surface area contributed by atoms with Gasteiger partial charge >= 0.3 is 0 Å². The molecule has 3 heteroatoms. The summed E-state index contributed by atoms with van der Waals surface area (Å²) in [5, 5.41) is 10.8. The molecule has 1 aliphatic carbocycles. The standard InChI is InChI=1S/C17H22N2O/c1-19(15-8-3-2-4-9-15)17-14(12-20)11-13-7-5-6-10-16(13)18-17/h5-7,10-11,15,20H,2-4,8-9,12H2,1H3. The predicted molar refractivity (Wildman–Crippen MR) is 82.9 cm³/mol. The number of para-hydroxylation sites is 1. The van der Waals surface area contributed by atoms with Gasteiger partial charge in [0.15, 0.2) is 0 Å². The Morgan fingerprint density at radius 2 is 1.95 bits per heavy atom. The van der Waals surface area contributed by atoms with Gasteiger partial charge in [-0.1, -0.05) is 37.5 Å². The Bertz CT molecular complexity index is 591. The van der Waals surface area contributed by atoms with E-state index in [9.17, 15) is 5.11 Å². The second-order valence-corrected chi connectivity index (χ2v) is 5.72. The second kappa shape index (κ2) is 5.80. The lowest BCUT2D eigenvalue weighted by Gasteiger charge is -2.33. The van der Waals surface area contributed by atoms with E-state index >= 15 is 0 Å². The van der Waals surface area contributed by atoms with Crippen molar-refractivity contribution < 1.29 is 5.11 Å².